The second-order valence-electron chi connectivity index (χ2n) is 5.57. The highest BCUT2D eigenvalue weighted by molar-refractivity contribution is 5.16. The van der Waals surface area contributed by atoms with Crippen molar-refractivity contribution in [2.75, 3.05) is 6.54 Å². The maximum Gasteiger partial charge on any atom is 0.0937 e. The monoisotopic (exact) mass is 207 g/mol. The van der Waals surface area contributed by atoms with E-state index in [4.69, 9.17) is 10.2 Å². The second-order valence-corrected chi connectivity index (χ2v) is 5.57. The molecule has 2 rings (SSSR count). The summed E-state index contributed by atoms with van der Waals surface area (Å²) in [6, 6.07) is 2.09. The van der Waals surface area contributed by atoms with Gasteiger partial charge in [-0.05, 0) is 54.7 Å². The minimum atomic E-state index is 0.452. The van der Waals surface area contributed by atoms with Crippen molar-refractivity contribution in [2.24, 2.45) is 17.1 Å². The van der Waals surface area contributed by atoms with Gasteiger partial charge in [0.1, 0.15) is 0 Å². The van der Waals surface area contributed by atoms with Crippen LogP contribution in [0.4, 0.5) is 0 Å². The highest BCUT2D eigenvalue weighted by atomic mass is 16.3. The van der Waals surface area contributed by atoms with Crippen LogP contribution < -0.4 is 5.73 Å². The molecule has 2 nitrogen and oxygen atoms in total. The van der Waals surface area contributed by atoms with E-state index < -0.39 is 0 Å². The normalized spacial score (nSPS) is 30.3. The Morgan fingerprint density at radius 2 is 2.33 bits per heavy atom. The zero-order valence-corrected chi connectivity index (χ0v) is 9.70. The lowest BCUT2D eigenvalue weighted by Gasteiger charge is -2.40. The summed E-state index contributed by atoms with van der Waals surface area (Å²) in [5, 5.41) is 0. The molecule has 0 saturated heterocycles. The quantitative estimate of drug-likeness (QED) is 0.809. The average molecular weight is 207 g/mol. The number of furan rings is 1. The molecule has 2 unspecified atom stereocenters. The standard InChI is InChI=1S/C13H21NO/c1-13(2)5-3-10(8-14)12(7-13)11-4-6-15-9-11/h4,6,9-10,12H,3,5,7-8,14H2,1-2H3. The number of hydrogen-bond acceptors (Lipinski definition) is 2. The van der Waals surface area contributed by atoms with Crippen LogP contribution >= 0.6 is 0 Å². The molecule has 1 fully saturated rings. The van der Waals surface area contributed by atoms with Crippen molar-refractivity contribution in [3.8, 4) is 0 Å². The number of nitrogens with two attached hydrogens (primary N) is 1. The van der Waals surface area contributed by atoms with Gasteiger partial charge in [-0.2, -0.15) is 0 Å². The summed E-state index contributed by atoms with van der Waals surface area (Å²) in [6.45, 7) is 5.51. The molecule has 15 heavy (non-hydrogen) atoms. The molecule has 1 aliphatic carbocycles. The molecular formula is C13H21NO. The molecule has 2 heteroatoms. The maximum absolute atomic E-state index is 5.86. The Morgan fingerprint density at radius 1 is 1.53 bits per heavy atom. The molecule has 0 amide bonds. The Balaban J connectivity index is 2.18. The minimum Gasteiger partial charge on any atom is -0.472 e. The summed E-state index contributed by atoms with van der Waals surface area (Å²) >= 11 is 0. The molecule has 1 saturated carbocycles. The van der Waals surface area contributed by atoms with Crippen molar-refractivity contribution in [1.29, 1.82) is 0 Å². The van der Waals surface area contributed by atoms with Crippen LogP contribution in [0.3, 0.4) is 0 Å². The summed E-state index contributed by atoms with van der Waals surface area (Å²) in [4.78, 5) is 0. The molecule has 2 N–H and O–H groups in total. The lowest BCUT2D eigenvalue weighted by atomic mass is 9.65. The molecule has 0 aliphatic heterocycles. The zero-order chi connectivity index (χ0) is 10.9. The van der Waals surface area contributed by atoms with Gasteiger partial charge in [0, 0.05) is 0 Å². The van der Waals surface area contributed by atoms with Crippen LogP contribution in [0.15, 0.2) is 23.0 Å². The first-order valence-electron chi connectivity index (χ1n) is 5.84. The van der Waals surface area contributed by atoms with E-state index >= 15 is 0 Å². The fraction of sp³-hybridized carbons (Fsp3) is 0.692. The maximum atomic E-state index is 5.86. The van der Waals surface area contributed by atoms with Crippen LogP contribution in [-0.4, -0.2) is 6.54 Å². The summed E-state index contributed by atoms with van der Waals surface area (Å²) in [5.41, 5.74) is 7.64. The van der Waals surface area contributed by atoms with E-state index in [1.54, 1.807) is 6.26 Å². The van der Waals surface area contributed by atoms with Gasteiger partial charge in [0.15, 0.2) is 0 Å². The molecule has 0 aromatic carbocycles. The van der Waals surface area contributed by atoms with E-state index in [0.29, 0.717) is 17.3 Å². The largest absolute Gasteiger partial charge is 0.472 e. The van der Waals surface area contributed by atoms with E-state index in [1.807, 2.05) is 6.26 Å². The van der Waals surface area contributed by atoms with Gasteiger partial charge in [-0.15, -0.1) is 0 Å². The van der Waals surface area contributed by atoms with Crippen LogP contribution in [0.25, 0.3) is 0 Å². The van der Waals surface area contributed by atoms with Gasteiger partial charge in [-0.1, -0.05) is 13.8 Å². The van der Waals surface area contributed by atoms with Gasteiger partial charge in [0.05, 0.1) is 12.5 Å². The molecule has 1 aromatic heterocycles. The highest BCUT2D eigenvalue weighted by Gasteiger charge is 2.35. The van der Waals surface area contributed by atoms with Crippen molar-refractivity contribution in [3.05, 3.63) is 24.2 Å². The van der Waals surface area contributed by atoms with E-state index in [-0.39, 0.29) is 0 Å². The van der Waals surface area contributed by atoms with Gasteiger partial charge in [0.25, 0.3) is 0 Å². The first-order chi connectivity index (χ1) is 7.12. The summed E-state index contributed by atoms with van der Waals surface area (Å²) in [5.74, 6) is 1.23. The van der Waals surface area contributed by atoms with Crippen LogP contribution in [0.2, 0.25) is 0 Å². The van der Waals surface area contributed by atoms with E-state index in [1.165, 1.54) is 24.8 Å². The van der Waals surface area contributed by atoms with Crippen molar-refractivity contribution < 1.29 is 4.42 Å². The highest BCUT2D eigenvalue weighted by Crippen LogP contribution is 2.46. The minimum absolute atomic E-state index is 0.452. The predicted molar refractivity (Wildman–Crippen MR) is 61.6 cm³/mol. The van der Waals surface area contributed by atoms with Gasteiger partial charge in [-0.3, -0.25) is 0 Å². The number of rotatable bonds is 2. The van der Waals surface area contributed by atoms with Gasteiger partial charge in [0.2, 0.25) is 0 Å². The fourth-order valence-electron chi connectivity index (χ4n) is 2.80. The van der Waals surface area contributed by atoms with Crippen molar-refractivity contribution in [1.82, 2.24) is 0 Å². The smallest absolute Gasteiger partial charge is 0.0937 e. The first-order valence-corrected chi connectivity index (χ1v) is 5.84. The van der Waals surface area contributed by atoms with E-state index in [9.17, 15) is 0 Å². The molecule has 0 spiro atoms. The average Bonchev–Trinajstić information content (AvgIpc) is 2.69. The van der Waals surface area contributed by atoms with Crippen LogP contribution in [0.1, 0.15) is 44.6 Å². The summed E-state index contributed by atoms with van der Waals surface area (Å²) < 4.78 is 5.19. The van der Waals surface area contributed by atoms with Crippen molar-refractivity contribution >= 4 is 0 Å². The predicted octanol–water partition coefficient (Wildman–Crippen LogP) is 3.15. The van der Waals surface area contributed by atoms with Crippen LogP contribution in [0, 0.1) is 11.3 Å². The third-order valence-corrected chi connectivity index (χ3v) is 3.81. The van der Waals surface area contributed by atoms with E-state index in [2.05, 4.69) is 19.9 Å². The molecular weight excluding hydrogens is 186 g/mol. The Morgan fingerprint density at radius 3 is 2.93 bits per heavy atom. The second kappa shape index (κ2) is 4.01. The van der Waals surface area contributed by atoms with Gasteiger partial charge in [-0.25, -0.2) is 0 Å². The molecule has 1 aromatic rings. The van der Waals surface area contributed by atoms with E-state index in [0.717, 1.165) is 6.54 Å². The van der Waals surface area contributed by atoms with Crippen LogP contribution in [-0.2, 0) is 0 Å². The Hall–Kier alpha value is -0.760. The lowest BCUT2D eigenvalue weighted by molar-refractivity contribution is 0.165. The lowest BCUT2D eigenvalue weighted by Crippen LogP contribution is -2.32. The molecule has 0 bridgehead atoms. The van der Waals surface area contributed by atoms with Crippen LogP contribution in [0.5, 0.6) is 0 Å². The molecule has 1 heterocycles. The Labute approximate surface area is 91.8 Å². The Kier molecular flexibility index (Phi) is 2.87. The van der Waals surface area contributed by atoms with Gasteiger partial charge < -0.3 is 10.2 Å². The molecule has 0 radical (unpaired) electrons. The van der Waals surface area contributed by atoms with Crippen molar-refractivity contribution in [2.45, 2.75) is 39.0 Å². The third kappa shape index (κ3) is 2.25. The third-order valence-electron chi connectivity index (χ3n) is 3.81. The SMILES string of the molecule is CC1(C)CCC(CN)C(c2ccoc2)C1. The first kappa shape index (κ1) is 10.7. The number of hydrogen-bond donors (Lipinski definition) is 1. The fourth-order valence-corrected chi connectivity index (χ4v) is 2.80. The molecule has 84 valence electrons. The topological polar surface area (TPSA) is 39.2 Å². The molecule has 2 atom stereocenters. The summed E-state index contributed by atoms with van der Waals surface area (Å²) in [6.07, 6.45) is 7.43. The molecule has 1 aliphatic rings. The Bertz CT molecular complexity index is 302. The zero-order valence-electron chi connectivity index (χ0n) is 9.70. The van der Waals surface area contributed by atoms with Crippen molar-refractivity contribution in [3.63, 3.8) is 0 Å². The van der Waals surface area contributed by atoms with Gasteiger partial charge >= 0.3 is 0 Å². The summed E-state index contributed by atoms with van der Waals surface area (Å²) in [7, 11) is 0.